The first-order valence-corrected chi connectivity index (χ1v) is 10.3. The minimum absolute atomic E-state index is 0.0783. The molecular weight excluding hydrogens is 434 g/mol. The number of nitrogens with one attached hydrogen (secondary N) is 1. The second kappa shape index (κ2) is 7.55. The van der Waals surface area contributed by atoms with Crippen LogP contribution in [0.5, 0.6) is 0 Å². The highest BCUT2D eigenvalue weighted by atomic mass is 35.5. The van der Waals surface area contributed by atoms with Crippen molar-refractivity contribution in [2.75, 3.05) is 0 Å². The molecule has 0 radical (unpaired) electrons. The lowest BCUT2D eigenvalue weighted by Gasteiger charge is -2.37. The van der Waals surface area contributed by atoms with Crippen LogP contribution in [0.1, 0.15) is 36.8 Å². The third kappa shape index (κ3) is 3.59. The fourth-order valence-electron chi connectivity index (χ4n) is 4.56. The van der Waals surface area contributed by atoms with Crippen LogP contribution in [0.3, 0.4) is 0 Å². The van der Waals surface area contributed by atoms with E-state index in [1.807, 2.05) is 0 Å². The third-order valence-electron chi connectivity index (χ3n) is 6.37. The van der Waals surface area contributed by atoms with E-state index in [2.05, 4.69) is 5.32 Å². The summed E-state index contributed by atoms with van der Waals surface area (Å²) in [6.07, 6.45) is -4.94. The lowest BCUT2D eigenvalue weighted by atomic mass is 9.75. The van der Waals surface area contributed by atoms with E-state index in [4.69, 9.17) is 11.6 Å². The number of aliphatic hydroxyl groups excluding tert-OH is 1. The minimum atomic E-state index is -4.33. The second-order valence-corrected chi connectivity index (χ2v) is 8.57. The lowest BCUT2D eigenvalue weighted by Crippen LogP contribution is -2.48. The normalized spacial score (nSPS) is 24.1. The van der Waals surface area contributed by atoms with E-state index >= 15 is 4.39 Å². The van der Waals surface area contributed by atoms with Gasteiger partial charge < -0.3 is 10.4 Å². The van der Waals surface area contributed by atoms with Gasteiger partial charge in [0, 0.05) is 16.1 Å². The number of aliphatic hydroxyl groups is 1. The lowest BCUT2D eigenvalue weighted by molar-refractivity contribution is -0.184. The molecule has 2 aromatic carbocycles. The van der Waals surface area contributed by atoms with Crippen LogP contribution in [0, 0.1) is 18.7 Å². The van der Waals surface area contributed by atoms with Crippen LogP contribution in [0.25, 0.3) is 16.7 Å². The monoisotopic (exact) mass is 453 g/mol. The van der Waals surface area contributed by atoms with Gasteiger partial charge in [-0.05, 0) is 49.8 Å². The maximum absolute atomic E-state index is 15.6. The summed E-state index contributed by atoms with van der Waals surface area (Å²) in [6.45, 7) is 1.54. The Bertz CT molecular complexity index is 1070. The highest BCUT2D eigenvalue weighted by Crippen LogP contribution is 2.48. The van der Waals surface area contributed by atoms with Crippen LogP contribution in [0.15, 0.2) is 42.2 Å². The van der Waals surface area contributed by atoms with E-state index < -0.39 is 35.1 Å². The van der Waals surface area contributed by atoms with Crippen molar-refractivity contribution in [3.05, 3.63) is 64.1 Å². The molecule has 31 heavy (non-hydrogen) atoms. The Morgan fingerprint density at radius 3 is 2.35 bits per heavy atom. The van der Waals surface area contributed by atoms with Crippen molar-refractivity contribution in [1.82, 2.24) is 5.32 Å². The first kappa shape index (κ1) is 21.7. The summed E-state index contributed by atoms with van der Waals surface area (Å²) in [6, 6.07) is 10.1. The predicted molar refractivity (Wildman–Crippen MR) is 110 cm³/mol. The maximum Gasteiger partial charge on any atom is 0.391 e. The van der Waals surface area contributed by atoms with Gasteiger partial charge >= 0.3 is 6.18 Å². The number of hydrogen-bond donors (Lipinski definition) is 2. The van der Waals surface area contributed by atoms with Crippen molar-refractivity contribution in [3.63, 3.8) is 0 Å². The molecule has 1 aliphatic carbocycles. The molecule has 1 saturated carbocycles. The summed E-state index contributed by atoms with van der Waals surface area (Å²) in [5.74, 6) is -3.33. The number of carbonyl (C=O) groups excluding carboxylic acids is 1. The van der Waals surface area contributed by atoms with Gasteiger partial charge in [0.05, 0.1) is 17.0 Å². The molecule has 0 bridgehead atoms. The van der Waals surface area contributed by atoms with Gasteiger partial charge in [-0.1, -0.05) is 41.9 Å². The van der Waals surface area contributed by atoms with Crippen molar-refractivity contribution < 1.29 is 27.5 Å². The Morgan fingerprint density at radius 1 is 1.16 bits per heavy atom. The largest absolute Gasteiger partial charge is 0.509 e. The van der Waals surface area contributed by atoms with Crippen LogP contribution in [0.4, 0.5) is 17.6 Å². The van der Waals surface area contributed by atoms with Gasteiger partial charge in [0.2, 0.25) is 0 Å². The second-order valence-electron chi connectivity index (χ2n) is 8.16. The van der Waals surface area contributed by atoms with Gasteiger partial charge in [-0.15, -0.1) is 0 Å². The molecule has 1 spiro atoms. The number of alkyl halides is 3. The van der Waals surface area contributed by atoms with Crippen molar-refractivity contribution in [3.8, 4) is 11.1 Å². The van der Waals surface area contributed by atoms with Gasteiger partial charge in [-0.3, -0.25) is 4.79 Å². The Balaban J connectivity index is 1.81. The zero-order valence-corrected chi connectivity index (χ0v) is 17.4. The molecule has 164 valence electrons. The summed E-state index contributed by atoms with van der Waals surface area (Å²) in [5.41, 5.74) is -0.724. The zero-order chi connectivity index (χ0) is 22.6. The van der Waals surface area contributed by atoms with E-state index in [0.29, 0.717) is 5.56 Å². The minimum Gasteiger partial charge on any atom is -0.509 e. The van der Waals surface area contributed by atoms with Crippen molar-refractivity contribution >= 4 is 23.1 Å². The molecule has 0 atom stereocenters. The van der Waals surface area contributed by atoms with Crippen LogP contribution in [-0.4, -0.2) is 22.7 Å². The summed E-state index contributed by atoms with van der Waals surface area (Å²) in [5, 5.41) is 13.8. The molecule has 2 N–H and O–H groups in total. The standard InChI is InChI=1S/C23H20ClF4NO2/c1-12-16(24)11-15(13-5-3-2-4-6-13)19(25)17(12)18-20(30)22(29-21(18)31)9-7-14(8-10-22)23(26,27)28/h2-6,11,14,30H,7-10H2,1H3,(H,29,31). The zero-order valence-electron chi connectivity index (χ0n) is 16.6. The summed E-state index contributed by atoms with van der Waals surface area (Å²) >= 11 is 6.33. The van der Waals surface area contributed by atoms with Gasteiger partial charge in [0.25, 0.3) is 5.91 Å². The molecule has 1 heterocycles. The topological polar surface area (TPSA) is 49.3 Å². The molecule has 8 heteroatoms. The molecule has 2 aliphatic rings. The van der Waals surface area contributed by atoms with Gasteiger partial charge in [0.1, 0.15) is 11.6 Å². The Labute approximate surface area is 181 Å². The van der Waals surface area contributed by atoms with Crippen LogP contribution in [0.2, 0.25) is 5.02 Å². The summed E-state index contributed by atoms with van der Waals surface area (Å²) < 4.78 is 54.8. The highest BCUT2D eigenvalue weighted by Gasteiger charge is 2.52. The van der Waals surface area contributed by atoms with Crippen LogP contribution >= 0.6 is 11.6 Å². The number of hydrogen-bond acceptors (Lipinski definition) is 2. The van der Waals surface area contributed by atoms with E-state index in [1.165, 1.54) is 13.0 Å². The van der Waals surface area contributed by atoms with E-state index in [9.17, 15) is 23.1 Å². The first-order chi connectivity index (χ1) is 14.5. The van der Waals surface area contributed by atoms with Gasteiger partial charge in [-0.2, -0.15) is 13.2 Å². The predicted octanol–water partition coefficient (Wildman–Crippen LogP) is 6.34. The van der Waals surface area contributed by atoms with Crippen molar-refractivity contribution in [1.29, 1.82) is 0 Å². The highest BCUT2D eigenvalue weighted by molar-refractivity contribution is 6.33. The van der Waals surface area contributed by atoms with Gasteiger partial charge in [0.15, 0.2) is 0 Å². The van der Waals surface area contributed by atoms with Crippen LogP contribution < -0.4 is 5.32 Å². The molecule has 3 nitrogen and oxygen atoms in total. The Kier molecular flexibility index (Phi) is 5.28. The SMILES string of the molecule is Cc1c(Cl)cc(-c2ccccc2)c(F)c1C1=C(O)C2(CCC(C(F)(F)F)CC2)NC1=O. The molecular formula is C23H20ClF4NO2. The summed E-state index contributed by atoms with van der Waals surface area (Å²) in [4.78, 5) is 12.8. The smallest absolute Gasteiger partial charge is 0.391 e. The molecule has 1 amide bonds. The maximum atomic E-state index is 15.6. The number of carbonyl (C=O) groups is 1. The van der Waals surface area contributed by atoms with E-state index in [-0.39, 0.29) is 53.0 Å². The number of benzene rings is 2. The molecule has 4 rings (SSSR count). The quantitative estimate of drug-likeness (QED) is 0.521. The first-order valence-electron chi connectivity index (χ1n) is 9.92. The number of halogens is 5. The average molecular weight is 454 g/mol. The molecule has 0 saturated heterocycles. The van der Waals surface area contributed by atoms with Crippen LogP contribution in [-0.2, 0) is 4.79 Å². The fraction of sp³-hybridized carbons (Fsp3) is 0.348. The fourth-order valence-corrected chi connectivity index (χ4v) is 4.76. The molecule has 2 aromatic rings. The molecule has 0 aromatic heterocycles. The van der Waals surface area contributed by atoms with Crippen molar-refractivity contribution in [2.45, 2.75) is 44.3 Å². The molecule has 0 unspecified atom stereocenters. The van der Waals surface area contributed by atoms with E-state index in [1.54, 1.807) is 30.3 Å². The average Bonchev–Trinajstić information content (AvgIpc) is 2.95. The molecule has 1 aliphatic heterocycles. The Morgan fingerprint density at radius 2 is 1.77 bits per heavy atom. The number of amides is 1. The summed E-state index contributed by atoms with van der Waals surface area (Å²) in [7, 11) is 0. The number of rotatable bonds is 2. The van der Waals surface area contributed by atoms with E-state index in [0.717, 1.165) is 0 Å². The Hall–Kier alpha value is -2.54. The third-order valence-corrected chi connectivity index (χ3v) is 6.76. The van der Waals surface area contributed by atoms with Gasteiger partial charge in [-0.25, -0.2) is 4.39 Å². The molecule has 1 fully saturated rings. The van der Waals surface area contributed by atoms with Crippen molar-refractivity contribution in [2.24, 2.45) is 5.92 Å².